The summed E-state index contributed by atoms with van der Waals surface area (Å²) in [5, 5.41) is 4.43. The van der Waals surface area contributed by atoms with E-state index in [1.54, 1.807) is 0 Å². The molecule has 1 aliphatic rings. The zero-order valence-electron chi connectivity index (χ0n) is 9.69. The van der Waals surface area contributed by atoms with E-state index in [4.69, 9.17) is 0 Å². The SMILES string of the molecule is CC(NCC1CSCCS1)c1ccccc1. The highest BCUT2D eigenvalue weighted by Crippen LogP contribution is 2.24. The standard InChI is InChI=1S/C13H19NS2/c1-11(12-5-3-2-4-6-12)14-9-13-10-15-7-8-16-13/h2-6,11,13-14H,7-10H2,1H3. The largest absolute Gasteiger partial charge is 0.309 e. The molecular weight excluding hydrogens is 234 g/mol. The molecule has 1 N–H and O–H groups in total. The Morgan fingerprint density at radius 2 is 2.12 bits per heavy atom. The van der Waals surface area contributed by atoms with Crippen LogP contribution >= 0.6 is 23.5 Å². The van der Waals surface area contributed by atoms with E-state index in [2.05, 4.69) is 66.1 Å². The maximum Gasteiger partial charge on any atom is 0.0292 e. The Morgan fingerprint density at radius 3 is 2.81 bits per heavy atom. The van der Waals surface area contributed by atoms with Gasteiger partial charge in [-0.2, -0.15) is 23.5 Å². The van der Waals surface area contributed by atoms with Crippen molar-refractivity contribution in [1.82, 2.24) is 5.32 Å². The van der Waals surface area contributed by atoms with E-state index in [0.29, 0.717) is 6.04 Å². The molecule has 0 amide bonds. The van der Waals surface area contributed by atoms with Crippen LogP contribution < -0.4 is 5.32 Å². The van der Waals surface area contributed by atoms with E-state index in [0.717, 1.165) is 11.8 Å². The van der Waals surface area contributed by atoms with Gasteiger partial charge in [0.1, 0.15) is 0 Å². The minimum atomic E-state index is 0.466. The first-order valence-electron chi connectivity index (χ1n) is 5.84. The fraction of sp³-hybridized carbons (Fsp3) is 0.538. The second kappa shape index (κ2) is 6.58. The molecule has 16 heavy (non-hydrogen) atoms. The number of nitrogens with one attached hydrogen (secondary N) is 1. The molecule has 1 saturated heterocycles. The van der Waals surface area contributed by atoms with Crippen LogP contribution in [-0.4, -0.2) is 29.1 Å². The molecule has 1 aliphatic heterocycles. The molecule has 0 radical (unpaired) electrons. The first-order chi connectivity index (χ1) is 7.86. The first kappa shape index (κ1) is 12.3. The van der Waals surface area contributed by atoms with E-state index >= 15 is 0 Å². The molecule has 0 aromatic heterocycles. The van der Waals surface area contributed by atoms with Gasteiger partial charge in [-0.05, 0) is 12.5 Å². The predicted octanol–water partition coefficient (Wildman–Crippen LogP) is 3.19. The fourth-order valence-electron chi connectivity index (χ4n) is 1.82. The monoisotopic (exact) mass is 253 g/mol. The third-order valence-electron chi connectivity index (χ3n) is 2.84. The van der Waals surface area contributed by atoms with Crippen molar-refractivity contribution in [1.29, 1.82) is 0 Å². The van der Waals surface area contributed by atoms with Crippen molar-refractivity contribution in [2.45, 2.75) is 18.2 Å². The van der Waals surface area contributed by atoms with Gasteiger partial charge in [-0.25, -0.2) is 0 Å². The van der Waals surface area contributed by atoms with E-state index in [-0.39, 0.29) is 0 Å². The van der Waals surface area contributed by atoms with E-state index in [9.17, 15) is 0 Å². The molecule has 1 aromatic carbocycles. The molecule has 1 aromatic rings. The van der Waals surface area contributed by atoms with Gasteiger partial charge in [0.2, 0.25) is 0 Å². The highest BCUT2D eigenvalue weighted by molar-refractivity contribution is 8.06. The van der Waals surface area contributed by atoms with Crippen LogP contribution in [0.5, 0.6) is 0 Å². The summed E-state index contributed by atoms with van der Waals surface area (Å²) in [5.41, 5.74) is 1.39. The average molecular weight is 253 g/mol. The maximum absolute atomic E-state index is 3.63. The van der Waals surface area contributed by atoms with Crippen molar-refractivity contribution in [2.75, 3.05) is 23.8 Å². The van der Waals surface area contributed by atoms with Crippen LogP contribution in [0.1, 0.15) is 18.5 Å². The van der Waals surface area contributed by atoms with Gasteiger partial charge in [-0.1, -0.05) is 30.3 Å². The summed E-state index contributed by atoms with van der Waals surface area (Å²) < 4.78 is 0. The quantitative estimate of drug-likeness (QED) is 0.885. The predicted molar refractivity (Wildman–Crippen MR) is 76.4 cm³/mol. The lowest BCUT2D eigenvalue weighted by molar-refractivity contribution is 0.577. The molecule has 0 saturated carbocycles. The fourth-order valence-corrected chi connectivity index (χ4v) is 4.45. The lowest BCUT2D eigenvalue weighted by Gasteiger charge is -2.23. The Balaban J connectivity index is 1.77. The van der Waals surface area contributed by atoms with Crippen molar-refractivity contribution in [3.8, 4) is 0 Å². The minimum absolute atomic E-state index is 0.466. The molecule has 2 atom stereocenters. The summed E-state index contributed by atoms with van der Waals surface area (Å²) in [6.07, 6.45) is 0. The Morgan fingerprint density at radius 1 is 1.31 bits per heavy atom. The summed E-state index contributed by atoms with van der Waals surface area (Å²) in [4.78, 5) is 0. The molecule has 1 heterocycles. The Hall–Kier alpha value is -0.120. The normalized spacial score (nSPS) is 22.9. The third-order valence-corrected chi connectivity index (χ3v) is 5.68. The molecule has 2 unspecified atom stereocenters. The van der Waals surface area contributed by atoms with Crippen LogP contribution in [0.4, 0.5) is 0 Å². The Bertz CT molecular complexity index is 296. The topological polar surface area (TPSA) is 12.0 Å². The number of hydrogen-bond donors (Lipinski definition) is 1. The van der Waals surface area contributed by atoms with Gasteiger partial charge >= 0.3 is 0 Å². The molecule has 0 bridgehead atoms. The van der Waals surface area contributed by atoms with Crippen LogP contribution in [0, 0.1) is 0 Å². The lowest BCUT2D eigenvalue weighted by Crippen LogP contribution is -2.30. The smallest absolute Gasteiger partial charge is 0.0292 e. The summed E-state index contributed by atoms with van der Waals surface area (Å²) in [6, 6.07) is 11.1. The minimum Gasteiger partial charge on any atom is -0.309 e. The zero-order valence-corrected chi connectivity index (χ0v) is 11.3. The lowest BCUT2D eigenvalue weighted by atomic mass is 10.1. The van der Waals surface area contributed by atoms with Crippen molar-refractivity contribution in [3.63, 3.8) is 0 Å². The van der Waals surface area contributed by atoms with Gasteiger partial charge in [0.15, 0.2) is 0 Å². The molecule has 1 nitrogen and oxygen atoms in total. The van der Waals surface area contributed by atoms with E-state index in [1.165, 1.54) is 22.8 Å². The van der Waals surface area contributed by atoms with E-state index < -0.39 is 0 Å². The average Bonchev–Trinajstić information content (AvgIpc) is 2.38. The molecule has 0 aliphatic carbocycles. The highest BCUT2D eigenvalue weighted by atomic mass is 32.2. The Labute approximate surface area is 107 Å². The van der Waals surface area contributed by atoms with Crippen molar-refractivity contribution >= 4 is 23.5 Å². The molecular formula is C13H19NS2. The van der Waals surface area contributed by atoms with Crippen molar-refractivity contribution < 1.29 is 0 Å². The molecule has 1 fully saturated rings. The maximum atomic E-state index is 3.63. The van der Waals surface area contributed by atoms with Crippen LogP contribution in [0.15, 0.2) is 30.3 Å². The van der Waals surface area contributed by atoms with Crippen LogP contribution in [0.3, 0.4) is 0 Å². The second-order valence-corrected chi connectivity index (χ2v) is 6.67. The van der Waals surface area contributed by atoms with Crippen molar-refractivity contribution in [2.24, 2.45) is 0 Å². The molecule has 2 rings (SSSR count). The summed E-state index contributed by atoms with van der Waals surface area (Å²) in [6.45, 7) is 3.38. The zero-order chi connectivity index (χ0) is 11.2. The van der Waals surface area contributed by atoms with Gasteiger partial charge in [-0.3, -0.25) is 0 Å². The second-order valence-electron chi connectivity index (χ2n) is 4.11. The van der Waals surface area contributed by atoms with Gasteiger partial charge in [0.05, 0.1) is 0 Å². The van der Waals surface area contributed by atoms with Crippen LogP contribution in [0.2, 0.25) is 0 Å². The first-order valence-corrected chi connectivity index (χ1v) is 8.04. The Kier molecular flexibility index (Phi) is 5.07. The summed E-state index contributed by atoms with van der Waals surface area (Å²) in [5.74, 6) is 3.95. The van der Waals surface area contributed by atoms with Crippen molar-refractivity contribution in [3.05, 3.63) is 35.9 Å². The van der Waals surface area contributed by atoms with Gasteiger partial charge in [-0.15, -0.1) is 0 Å². The number of rotatable bonds is 4. The number of thioether (sulfide) groups is 2. The highest BCUT2D eigenvalue weighted by Gasteiger charge is 2.15. The van der Waals surface area contributed by atoms with Gasteiger partial charge in [0.25, 0.3) is 0 Å². The number of benzene rings is 1. The van der Waals surface area contributed by atoms with Gasteiger partial charge in [0, 0.05) is 35.1 Å². The molecule has 3 heteroatoms. The van der Waals surface area contributed by atoms with Crippen LogP contribution in [0.25, 0.3) is 0 Å². The third kappa shape index (κ3) is 3.72. The number of hydrogen-bond acceptors (Lipinski definition) is 3. The summed E-state index contributed by atoms with van der Waals surface area (Å²) in [7, 11) is 0. The molecule has 0 spiro atoms. The van der Waals surface area contributed by atoms with E-state index in [1.807, 2.05) is 0 Å². The molecule has 88 valence electrons. The van der Waals surface area contributed by atoms with Crippen LogP contribution in [-0.2, 0) is 0 Å². The van der Waals surface area contributed by atoms with Gasteiger partial charge < -0.3 is 5.32 Å². The summed E-state index contributed by atoms with van der Waals surface area (Å²) >= 11 is 4.21.